The largest absolute Gasteiger partial charge is 0.336 e. The van der Waals surface area contributed by atoms with Crippen LogP contribution in [0.15, 0.2) is 30.3 Å². The van der Waals surface area contributed by atoms with Gasteiger partial charge in [0, 0.05) is 18.3 Å². The summed E-state index contributed by atoms with van der Waals surface area (Å²) in [5.41, 5.74) is 0.879. The van der Waals surface area contributed by atoms with Gasteiger partial charge in [0.05, 0.1) is 0 Å². The van der Waals surface area contributed by atoms with Crippen LogP contribution >= 0.6 is 0 Å². The van der Waals surface area contributed by atoms with Crippen molar-refractivity contribution in [3.05, 3.63) is 30.3 Å². The highest BCUT2D eigenvalue weighted by Gasteiger charge is 2.33. The Morgan fingerprint density at radius 2 is 2.10 bits per heavy atom. The van der Waals surface area contributed by atoms with Crippen molar-refractivity contribution in [2.75, 3.05) is 11.4 Å². The second-order valence-corrected chi connectivity index (χ2v) is 5.09. The van der Waals surface area contributed by atoms with Crippen molar-refractivity contribution in [3.63, 3.8) is 0 Å². The highest BCUT2D eigenvalue weighted by Crippen LogP contribution is 2.20. The quantitative estimate of drug-likeness (QED) is 0.881. The van der Waals surface area contributed by atoms with Crippen LogP contribution in [0.4, 0.5) is 10.5 Å². The average Bonchev–Trinajstić information content (AvgIpc) is 2.81. The molecule has 2 rings (SSSR count). The zero-order chi connectivity index (χ0) is 14.5. The zero-order valence-corrected chi connectivity index (χ0v) is 11.9. The number of rotatable bonds is 4. The highest BCUT2D eigenvalue weighted by molar-refractivity contribution is 6.01. The van der Waals surface area contributed by atoms with E-state index in [1.165, 1.54) is 0 Å². The third kappa shape index (κ3) is 3.29. The van der Waals surface area contributed by atoms with E-state index in [2.05, 4.69) is 10.6 Å². The van der Waals surface area contributed by atoms with Crippen LogP contribution in [0.5, 0.6) is 0 Å². The minimum atomic E-state index is -0.431. The lowest BCUT2D eigenvalue weighted by atomic mass is 10.2. The second-order valence-electron chi connectivity index (χ2n) is 5.09. The number of urea groups is 1. The molecular formula is C15H21N3O2. The fourth-order valence-corrected chi connectivity index (χ4v) is 2.20. The monoisotopic (exact) mass is 275 g/mol. The van der Waals surface area contributed by atoms with Gasteiger partial charge in [-0.1, -0.05) is 25.1 Å². The van der Waals surface area contributed by atoms with Crippen LogP contribution in [0.2, 0.25) is 0 Å². The first-order valence-corrected chi connectivity index (χ1v) is 7.05. The molecule has 108 valence electrons. The van der Waals surface area contributed by atoms with Gasteiger partial charge in [-0.25, -0.2) is 4.79 Å². The number of nitrogens with zero attached hydrogens (tertiary/aromatic N) is 1. The van der Waals surface area contributed by atoms with Gasteiger partial charge >= 0.3 is 6.03 Å². The van der Waals surface area contributed by atoms with E-state index < -0.39 is 6.04 Å². The first-order valence-electron chi connectivity index (χ1n) is 7.05. The van der Waals surface area contributed by atoms with Crippen molar-refractivity contribution in [1.29, 1.82) is 0 Å². The molecule has 2 N–H and O–H groups in total. The number of hydrogen-bond acceptors (Lipinski definition) is 2. The Hall–Kier alpha value is -2.04. The van der Waals surface area contributed by atoms with Crippen LogP contribution in [0.1, 0.15) is 26.7 Å². The summed E-state index contributed by atoms with van der Waals surface area (Å²) in [6, 6.07) is 8.93. The first-order chi connectivity index (χ1) is 9.61. The number of carbonyl (C=O) groups excluding carboxylic acids is 2. The summed E-state index contributed by atoms with van der Waals surface area (Å²) in [6.45, 7) is 4.58. The van der Waals surface area contributed by atoms with Crippen LogP contribution in [-0.4, -0.2) is 30.6 Å². The number of hydrogen-bond donors (Lipinski definition) is 2. The van der Waals surface area contributed by atoms with E-state index in [9.17, 15) is 9.59 Å². The molecule has 0 radical (unpaired) electrons. The Bertz CT molecular complexity index is 475. The van der Waals surface area contributed by atoms with Crippen molar-refractivity contribution in [1.82, 2.24) is 10.6 Å². The average molecular weight is 275 g/mol. The van der Waals surface area contributed by atoms with Gasteiger partial charge in [-0.15, -0.1) is 0 Å². The van der Waals surface area contributed by atoms with E-state index in [1.54, 1.807) is 4.90 Å². The molecule has 3 amide bonds. The normalized spacial score (nSPS) is 19.8. The van der Waals surface area contributed by atoms with E-state index in [4.69, 9.17) is 0 Å². The molecule has 1 saturated heterocycles. The predicted octanol–water partition coefficient (Wildman–Crippen LogP) is 1.89. The van der Waals surface area contributed by atoms with Crippen molar-refractivity contribution in [3.8, 4) is 0 Å². The fourth-order valence-electron chi connectivity index (χ4n) is 2.20. The smallest absolute Gasteiger partial charge is 0.315 e. The topological polar surface area (TPSA) is 61.4 Å². The number of para-hydroxylation sites is 1. The Kier molecular flexibility index (Phi) is 4.61. The molecule has 0 saturated carbocycles. The molecule has 5 heteroatoms. The number of carbonyl (C=O) groups is 2. The minimum absolute atomic E-state index is 0.0458. The van der Waals surface area contributed by atoms with Crippen LogP contribution in [0.3, 0.4) is 0 Å². The van der Waals surface area contributed by atoms with Gasteiger partial charge < -0.3 is 15.5 Å². The molecule has 5 nitrogen and oxygen atoms in total. The molecule has 2 atom stereocenters. The molecule has 1 aromatic carbocycles. The van der Waals surface area contributed by atoms with Crippen molar-refractivity contribution in [2.45, 2.75) is 38.8 Å². The molecule has 0 aromatic heterocycles. The lowest BCUT2D eigenvalue weighted by molar-refractivity contribution is -0.118. The van der Waals surface area contributed by atoms with Gasteiger partial charge in [0.2, 0.25) is 5.91 Å². The molecule has 1 aromatic rings. The molecule has 0 spiro atoms. The lowest BCUT2D eigenvalue weighted by Crippen LogP contribution is -2.48. The van der Waals surface area contributed by atoms with Crippen molar-refractivity contribution in [2.24, 2.45) is 0 Å². The Balaban J connectivity index is 1.93. The molecule has 1 aliphatic rings. The summed E-state index contributed by atoms with van der Waals surface area (Å²) in [5, 5.41) is 5.56. The zero-order valence-electron chi connectivity index (χ0n) is 11.9. The van der Waals surface area contributed by atoms with Gasteiger partial charge in [0.25, 0.3) is 0 Å². The summed E-state index contributed by atoms with van der Waals surface area (Å²) in [4.78, 5) is 25.8. The van der Waals surface area contributed by atoms with E-state index in [1.807, 2.05) is 44.2 Å². The summed E-state index contributed by atoms with van der Waals surface area (Å²) >= 11 is 0. The van der Waals surface area contributed by atoms with Crippen LogP contribution in [0.25, 0.3) is 0 Å². The molecule has 0 unspecified atom stereocenters. The number of amides is 3. The predicted molar refractivity (Wildman–Crippen MR) is 78.6 cm³/mol. The molecule has 20 heavy (non-hydrogen) atoms. The summed E-state index contributed by atoms with van der Waals surface area (Å²) in [6.07, 6.45) is 1.50. The van der Waals surface area contributed by atoms with Crippen molar-refractivity contribution >= 4 is 17.6 Å². The standard InChI is InChI=1S/C15H21N3O2/c1-3-11(2)16-15(20)17-13-9-10-18(14(13)19)12-7-5-4-6-8-12/h4-8,11,13H,3,9-10H2,1-2H3,(H2,16,17,20)/t11-,13+/m0/s1. The SMILES string of the molecule is CC[C@H](C)NC(=O)N[C@@H]1CCN(c2ccccc2)C1=O. The Morgan fingerprint density at radius 3 is 2.75 bits per heavy atom. The third-order valence-corrected chi connectivity index (χ3v) is 3.57. The molecule has 1 heterocycles. The van der Waals surface area contributed by atoms with Gasteiger partial charge in [-0.2, -0.15) is 0 Å². The van der Waals surface area contributed by atoms with Crippen LogP contribution < -0.4 is 15.5 Å². The maximum absolute atomic E-state index is 12.3. The Morgan fingerprint density at radius 1 is 1.40 bits per heavy atom. The maximum Gasteiger partial charge on any atom is 0.315 e. The van der Waals surface area contributed by atoms with E-state index in [0.29, 0.717) is 13.0 Å². The van der Waals surface area contributed by atoms with E-state index in [0.717, 1.165) is 12.1 Å². The first kappa shape index (κ1) is 14.4. The van der Waals surface area contributed by atoms with Gasteiger partial charge in [-0.3, -0.25) is 4.79 Å². The highest BCUT2D eigenvalue weighted by atomic mass is 16.2. The van der Waals surface area contributed by atoms with Crippen molar-refractivity contribution < 1.29 is 9.59 Å². The molecule has 0 aliphatic carbocycles. The summed E-state index contributed by atoms with van der Waals surface area (Å²) in [5.74, 6) is -0.0458. The number of anilines is 1. The number of nitrogens with one attached hydrogen (secondary N) is 2. The van der Waals surface area contributed by atoms with Crippen LogP contribution in [-0.2, 0) is 4.79 Å². The van der Waals surface area contributed by atoms with Gasteiger partial charge in [-0.05, 0) is 31.9 Å². The fraction of sp³-hybridized carbons (Fsp3) is 0.467. The van der Waals surface area contributed by atoms with Gasteiger partial charge in [0.1, 0.15) is 6.04 Å². The van der Waals surface area contributed by atoms with E-state index in [-0.39, 0.29) is 18.0 Å². The summed E-state index contributed by atoms with van der Waals surface area (Å²) < 4.78 is 0. The lowest BCUT2D eigenvalue weighted by Gasteiger charge is -2.18. The van der Waals surface area contributed by atoms with Crippen LogP contribution in [0, 0.1) is 0 Å². The molecule has 1 fully saturated rings. The number of benzene rings is 1. The second kappa shape index (κ2) is 6.41. The Labute approximate surface area is 119 Å². The summed E-state index contributed by atoms with van der Waals surface area (Å²) in [7, 11) is 0. The van der Waals surface area contributed by atoms with Gasteiger partial charge in [0.15, 0.2) is 0 Å². The third-order valence-electron chi connectivity index (χ3n) is 3.57. The van der Waals surface area contributed by atoms with E-state index >= 15 is 0 Å². The molecule has 0 bridgehead atoms. The maximum atomic E-state index is 12.3. The molecule has 1 aliphatic heterocycles. The minimum Gasteiger partial charge on any atom is -0.336 e. The molecular weight excluding hydrogens is 254 g/mol.